The summed E-state index contributed by atoms with van der Waals surface area (Å²) in [5, 5.41) is 15.0. The van der Waals surface area contributed by atoms with Crippen LogP contribution in [0.25, 0.3) is 0 Å². The van der Waals surface area contributed by atoms with Gasteiger partial charge in [0.1, 0.15) is 17.7 Å². The number of amides is 2. The average molecular weight is 535 g/mol. The number of aliphatic carboxylic acids is 1. The van der Waals surface area contributed by atoms with Crippen LogP contribution in [-0.4, -0.2) is 46.5 Å². The van der Waals surface area contributed by atoms with E-state index in [2.05, 4.69) is 10.6 Å². The van der Waals surface area contributed by atoms with Crippen molar-refractivity contribution in [3.05, 3.63) is 108 Å². The van der Waals surface area contributed by atoms with Crippen LogP contribution < -0.4 is 10.6 Å². The van der Waals surface area contributed by atoms with Gasteiger partial charge in [0.15, 0.2) is 0 Å². The van der Waals surface area contributed by atoms with Crippen LogP contribution in [0, 0.1) is 0 Å². The van der Waals surface area contributed by atoms with E-state index in [1.54, 1.807) is 20.8 Å². The molecular weight excluding hydrogens is 500 g/mol. The summed E-state index contributed by atoms with van der Waals surface area (Å²) in [5.74, 6) is -1.72. The Kier molecular flexibility index (Phi) is 9.58. The fraction of sp³-hybridized carbons (Fsp3) is 0.300. The van der Waals surface area contributed by atoms with Crippen LogP contribution in [0.15, 0.2) is 91.0 Å². The van der Waals surface area contributed by atoms with Gasteiger partial charge in [0.25, 0.3) is 0 Å². The van der Waals surface area contributed by atoms with Gasteiger partial charge in [0.2, 0.25) is 5.91 Å². The van der Waals surface area contributed by atoms with Crippen molar-refractivity contribution in [1.82, 2.24) is 10.6 Å². The zero-order chi connectivity index (χ0) is 27.8. The van der Waals surface area contributed by atoms with Crippen LogP contribution >= 0.6 is 11.8 Å². The van der Waals surface area contributed by atoms with E-state index in [1.165, 1.54) is 18.7 Å². The highest BCUT2D eigenvalue weighted by Crippen LogP contribution is 2.48. The Balaban J connectivity index is 1.90. The molecule has 0 aliphatic rings. The van der Waals surface area contributed by atoms with Crippen LogP contribution in [0.4, 0.5) is 4.79 Å². The minimum absolute atomic E-state index is 0.0684. The Morgan fingerprint density at radius 2 is 1.21 bits per heavy atom. The SMILES string of the molecule is CC(NC(=O)OC(C)(C)C)C(=O)NC(CSC(c1ccccc1)(c1ccccc1)c1ccccc1)C(=O)O. The van der Waals surface area contributed by atoms with Gasteiger partial charge in [-0.05, 0) is 44.4 Å². The molecule has 0 radical (unpaired) electrons. The summed E-state index contributed by atoms with van der Waals surface area (Å²) in [4.78, 5) is 37.2. The van der Waals surface area contributed by atoms with Crippen molar-refractivity contribution in [2.75, 3.05) is 5.75 Å². The van der Waals surface area contributed by atoms with Crippen molar-refractivity contribution in [2.24, 2.45) is 0 Å². The predicted octanol–water partition coefficient (Wildman–Crippen LogP) is 5.19. The van der Waals surface area contributed by atoms with Gasteiger partial charge >= 0.3 is 12.1 Å². The first kappa shape index (κ1) is 28.8. The summed E-state index contributed by atoms with van der Waals surface area (Å²) < 4.78 is 4.47. The van der Waals surface area contributed by atoms with Gasteiger partial charge in [-0.3, -0.25) is 4.79 Å². The summed E-state index contributed by atoms with van der Waals surface area (Å²) in [6.45, 7) is 6.63. The monoisotopic (exact) mass is 534 g/mol. The van der Waals surface area contributed by atoms with E-state index in [9.17, 15) is 19.5 Å². The lowest BCUT2D eigenvalue weighted by atomic mass is 9.84. The zero-order valence-corrected chi connectivity index (χ0v) is 22.8. The number of carboxylic acids is 1. The maximum Gasteiger partial charge on any atom is 0.408 e. The zero-order valence-electron chi connectivity index (χ0n) is 22.0. The lowest BCUT2D eigenvalue weighted by molar-refractivity contribution is -0.141. The third-order valence-corrected chi connectivity index (χ3v) is 7.39. The van der Waals surface area contributed by atoms with E-state index in [0.717, 1.165) is 16.7 Å². The molecule has 0 saturated heterocycles. The number of thioether (sulfide) groups is 1. The topological polar surface area (TPSA) is 105 Å². The number of hydrogen-bond donors (Lipinski definition) is 3. The van der Waals surface area contributed by atoms with Gasteiger partial charge in [0.05, 0.1) is 4.75 Å². The van der Waals surface area contributed by atoms with Crippen LogP contribution in [0.2, 0.25) is 0 Å². The first-order valence-electron chi connectivity index (χ1n) is 12.4. The molecule has 0 bridgehead atoms. The molecule has 2 unspecified atom stereocenters. The molecule has 3 N–H and O–H groups in total. The lowest BCUT2D eigenvalue weighted by Gasteiger charge is -2.36. The summed E-state index contributed by atoms with van der Waals surface area (Å²) >= 11 is 1.43. The van der Waals surface area contributed by atoms with Crippen molar-refractivity contribution < 1.29 is 24.2 Å². The Morgan fingerprint density at radius 3 is 1.58 bits per heavy atom. The van der Waals surface area contributed by atoms with E-state index in [1.807, 2.05) is 91.0 Å². The third-order valence-electron chi connectivity index (χ3n) is 5.75. The largest absolute Gasteiger partial charge is 0.480 e. The molecule has 8 heteroatoms. The molecule has 3 aromatic rings. The summed E-state index contributed by atoms with van der Waals surface area (Å²) in [6.07, 6.45) is -0.752. The standard InChI is InChI=1S/C30H34N2O5S/c1-21(31-28(36)37-29(2,3)4)26(33)32-25(27(34)35)20-38-30(22-14-8-5-9-15-22,23-16-10-6-11-17-23)24-18-12-7-13-19-24/h5-19,21,25H,20H2,1-4H3,(H,31,36)(H,32,33)(H,34,35). The van der Waals surface area contributed by atoms with E-state index < -0.39 is 40.4 Å². The Morgan fingerprint density at radius 1 is 0.789 bits per heavy atom. The molecule has 7 nitrogen and oxygen atoms in total. The van der Waals surface area contributed by atoms with E-state index >= 15 is 0 Å². The Hall–Kier alpha value is -3.78. The number of hydrogen-bond acceptors (Lipinski definition) is 5. The highest BCUT2D eigenvalue weighted by Gasteiger charge is 2.38. The molecule has 0 heterocycles. The smallest absolute Gasteiger partial charge is 0.408 e. The van der Waals surface area contributed by atoms with Gasteiger partial charge in [-0.15, -0.1) is 11.8 Å². The number of rotatable bonds is 10. The van der Waals surface area contributed by atoms with Gasteiger partial charge in [0, 0.05) is 5.75 Å². The van der Waals surface area contributed by atoms with Crippen LogP contribution in [0.1, 0.15) is 44.4 Å². The van der Waals surface area contributed by atoms with Gasteiger partial charge in [-0.1, -0.05) is 91.0 Å². The van der Waals surface area contributed by atoms with E-state index in [-0.39, 0.29) is 5.75 Å². The molecule has 2 atom stereocenters. The summed E-state index contributed by atoms with van der Waals surface area (Å²) in [5.41, 5.74) is 2.23. The highest BCUT2D eigenvalue weighted by atomic mass is 32.2. The Labute approximate surface area is 228 Å². The van der Waals surface area contributed by atoms with E-state index in [0.29, 0.717) is 0 Å². The average Bonchev–Trinajstić information content (AvgIpc) is 2.88. The van der Waals surface area contributed by atoms with Crippen molar-refractivity contribution in [3.63, 3.8) is 0 Å². The highest BCUT2D eigenvalue weighted by molar-refractivity contribution is 8.00. The molecular formula is C30H34N2O5S. The third kappa shape index (κ3) is 7.38. The quantitative estimate of drug-likeness (QED) is 0.309. The molecule has 0 spiro atoms. The second kappa shape index (κ2) is 12.6. The summed E-state index contributed by atoms with van der Waals surface area (Å²) in [7, 11) is 0. The van der Waals surface area contributed by atoms with Crippen molar-refractivity contribution in [1.29, 1.82) is 0 Å². The molecule has 3 rings (SSSR count). The number of alkyl carbamates (subject to hydrolysis) is 1. The van der Waals surface area contributed by atoms with Crippen LogP contribution in [0.3, 0.4) is 0 Å². The molecule has 0 fully saturated rings. The molecule has 38 heavy (non-hydrogen) atoms. The van der Waals surface area contributed by atoms with Crippen molar-refractivity contribution in [2.45, 2.75) is 50.1 Å². The number of carboxylic acid groups (broad SMARTS) is 1. The number of benzene rings is 3. The fourth-order valence-electron chi connectivity index (χ4n) is 4.00. The first-order valence-corrected chi connectivity index (χ1v) is 13.3. The minimum atomic E-state index is -1.20. The second-order valence-corrected chi connectivity index (χ2v) is 11.1. The second-order valence-electron chi connectivity index (χ2n) is 9.86. The minimum Gasteiger partial charge on any atom is -0.480 e. The molecule has 2 amide bonds. The number of nitrogens with one attached hydrogen (secondary N) is 2. The lowest BCUT2D eigenvalue weighted by Crippen LogP contribution is -2.52. The predicted molar refractivity (Wildman–Crippen MR) is 150 cm³/mol. The normalized spacial score (nSPS) is 13.2. The molecule has 0 aromatic heterocycles. The summed E-state index contributed by atoms with van der Waals surface area (Å²) in [6, 6.07) is 27.5. The van der Waals surface area contributed by atoms with Gasteiger partial charge in [-0.2, -0.15) is 0 Å². The van der Waals surface area contributed by atoms with Gasteiger partial charge < -0.3 is 20.5 Å². The molecule has 0 aliphatic carbocycles. The Bertz CT molecular complexity index is 1120. The number of carbonyl (C=O) groups excluding carboxylic acids is 2. The van der Waals surface area contributed by atoms with E-state index in [4.69, 9.17) is 4.74 Å². The van der Waals surface area contributed by atoms with Crippen molar-refractivity contribution >= 4 is 29.7 Å². The maximum absolute atomic E-state index is 12.8. The van der Waals surface area contributed by atoms with Crippen molar-refractivity contribution in [3.8, 4) is 0 Å². The fourth-order valence-corrected chi connectivity index (χ4v) is 5.55. The number of ether oxygens (including phenoxy) is 1. The molecule has 200 valence electrons. The molecule has 3 aromatic carbocycles. The van der Waals surface area contributed by atoms with Crippen LogP contribution in [-0.2, 0) is 19.1 Å². The first-order chi connectivity index (χ1) is 18.0. The van der Waals surface area contributed by atoms with Gasteiger partial charge in [-0.25, -0.2) is 9.59 Å². The number of carbonyl (C=O) groups is 3. The maximum atomic E-state index is 12.8. The molecule has 0 saturated carbocycles. The van der Waals surface area contributed by atoms with Crippen LogP contribution in [0.5, 0.6) is 0 Å². The molecule has 0 aliphatic heterocycles.